The number of hydrogen-bond acceptors (Lipinski definition) is 4. The Morgan fingerprint density at radius 3 is 2.45 bits per heavy atom. The van der Waals surface area contributed by atoms with E-state index >= 15 is 0 Å². The first-order valence-corrected chi connectivity index (χ1v) is 7.95. The molecule has 0 saturated heterocycles. The highest BCUT2D eigenvalue weighted by Crippen LogP contribution is 2.24. The molecule has 0 spiro atoms. The van der Waals surface area contributed by atoms with Gasteiger partial charge in [0.2, 0.25) is 0 Å². The monoisotopic (exact) mass is 320 g/mol. The van der Waals surface area contributed by atoms with Crippen LogP contribution >= 0.6 is 11.6 Å². The molecule has 0 amide bonds. The summed E-state index contributed by atoms with van der Waals surface area (Å²) in [5, 5.41) is 9.33. The average Bonchev–Trinajstić information content (AvgIpc) is 2.26. The smallest absolute Gasteiger partial charge is 0.339 e. The lowest BCUT2D eigenvalue weighted by atomic mass is 10.2. The molecular formula is C13H17ClO5S. The van der Waals surface area contributed by atoms with E-state index in [1.165, 1.54) is 18.2 Å². The third-order valence-corrected chi connectivity index (χ3v) is 5.52. The number of rotatable bonds is 5. The van der Waals surface area contributed by atoms with E-state index in [1.807, 2.05) is 0 Å². The molecule has 1 N–H and O–H groups in total. The average molecular weight is 321 g/mol. The fourth-order valence-corrected chi connectivity index (χ4v) is 2.44. The van der Waals surface area contributed by atoms with Crippen LogP contribution in [-0.2, 0) is 9.84 Å². The first-order chi connectivity index (χ1) is 9.04. The minimum absolute atomic E-state index is 0.0532. The SMILES string of the molecule is CC(C)(C)S(=O)(=O)CCOc1cc(Cl)ccc1C(=O)O. The topological polar surface area (TPSA) is 80.7 Å². The maximum Gasteiger partial charge on any atom is 0.339 e. The van der Waals surface area contributed by atoms with Crippen LogP contribution < -0.4 is 4.74 Å². The van der Waals surface area contributed by atoms with Crippen molar-refractivity contribution in [3.63, 3.8) is 0 Å². The van der Waals surface area contributed by atoms with Crippen LogP contribution in [0.2, 0.25) is 5.02 Å². The Morgan fingerprint density at radius 1 is 1.35 bits per heavy atom. The summed E-state index contributed by atoms with van der Waals surface area (Å²) in [7, 11) is -3.32. The summed E-state index contributed by atoms with van der Waals surface area (Å²) in [5.74, 6) is -1.29. The molecule has 0 unspecified atom stereocenters. The molecule has 0 atom stereocenters. The molecule has 1 aromatic carbocycles. The summed E-state index contributed by atoms with van der Waals surface area (Å²) in [4.78, 5) is 11.0. The Labute approximate surface area is 123 Å². The number of hydrogen-bond donors (Lipinski definition) is 1. The van der Waals surface area contributed by atoms with Gasteiger partial charge < -0.3 is 9.84 Å². The Kier molecular flexibility index (Phi) is 5.05. The molecule has 0 bridgehead atoms. The molecule has 0 saturated carbocycles. The normalized spacial score (nSPS) is 12.2. The summed E-state index contributed by atoms with van der Waals surface area (Å²) in [6, 6.07) is 4.11. The summed E-state index contributed by atoms with van der Waals surface area (Å²) >= 11 is 5.77. The Hall–Kier alpha value is -1.27. The molecular weight excluding hydrogens is 304 g/mol. The number of aromatic carboxylic acids is 1. The van der Waals surface area contributed by atoms with Crippen molar-refractivity contribution < 1.29 is 23.1 Å². The van der Waals surface area contributed by atoms with Crippen molar-refractivity contribution in [3.05, 3.63) is 28.8 Å². The van der Waals surface area contributed by atoms with Gasteiger partial charge in [-0.1, -0.05) is 11.6 Å². The second kappa shape index (κ2) is 6.01. The maximum absolute atomic E-state index is 11.9. The molecule has 0 radical (unpaired) electrons. The molecule has 0 aliphatic heterocycles. The first kappa shape index (κ1) is 16.8. The molecule has 0 aliphatic carbocycles. The van der Waals surface area contributed by atoms with E-state index < -0.39 is 20.6 Å². The highest BCUT2D eigenvalue weighted by atomic mass is 35.5. The summed E-state index contributed by atoms with van der Waals surface area (Å²) in [5.41, 5.74) is -0.0532. The van der Waals surface area contributed by atoms with Gasteiger partial charge in [-0.3, -0.25) is 0 Å². The van der Waals surface area contributed by atoms with Gasteiger partial charge in [0.1, 0.15) is 17.9 Å². The minimum atomic E-state index is -3.32. The lowest BCUT2D eigenvalue weighted by molar-refractivity contribution is 0.0692. The fraction of sp³-hybridized carbons (Fsp3) is 0.462. The zero-order valence-electron chi connectivity index (χ0n) is 11.5. The second-order valence-corrected chi connectivity index (χ2v) is 8.52. The number of ether oxygens (including phenoxy) is 1. The maximum atomic E-state index is 11.9. The van der Waals surface area contributed by atoms with E-state index in [0.29, 0.717) is 5.02 Å². The number of sulfone groups is 1. The Morgan fingerprint density at radius 2 is 1.95 bits per heavy atom. The van der Waals surface area contributed by atoms with E-state index in [2.05, 4.69) is 0 Å². The van der Waals surface area contributed by atoms with Gasteiger partial charge in [-0.15, -0.1) is 0 Å². The second-order valence-electron chi connectivity index (χ2n) is 5.23. The Balaban J connectivity index is 2.82. The van der Waals surface area contributed by atoms with Crippen molar-refractivity contribution in [1.29, 1.82) is 0 Å². The molecule has 1 rings (SSSR count). The highest BCUT2D eigenvalue weighted by molar-refractivity contribution is 7.92. The predicted molar refractivity (Wildman–Crippen MR) is 77.4 cm³/mol. The van der Waals surface area contributed by atoms with Gasteiger partial charge in [-0.2, -0.15) is 0 Å². The molecule has 5 nitrogen and oxygen atoms in total. The third-order valence-electron chi connectivity index (χ3n) is 2.72. The predicted octanol–water partition coefficient (Wildman–Crippen LogP) is 2.63. The number of carbonyl (C=O) groups is 1. The molecule has 1 aromatic rings. The van der Waals surface area contributed by atoms with Gasteiger partial charge >= 0.3 is 5.97 Å². The standard InChI is InChI=1S/C13H17ClO5S/c1-13(2,3)20(17,18)7-6-19-11-8-9(14)4-5-10(11)12(15)16/h4-5,8H,6-7H2,1-3H3,(H,15,16). The van der Waals surface area contributed by atoms with Gasteiger partial charge in [-0.05, 0) is 39.0 Å². The van der Waals surface area contributed by atoms with Crippen LogP contribution in [0.3, 0.4) is 0 Å². The van der Waals surface area contributed by atoms with Crippen molar-refractivity contribution in [2.45, 2.75) is 25.5 Å². The van der Waals surface area contributed by atoms with Crippen LogP contribution in [0.15, 0.2) is 18.2 Å². The van der Waals surface area contributed by atoms with Gasteiger partial charge in [0.15, 0.2) is 9.84 Å². The van der Waals surface area contributed by atoms with Crippen molar-refractivity contribution >= 4 is 27.4 Å². The van der Waals surface area contributed by atoms with Gasteiger partial charge in [0, 0.05) is 5.02 Å². The van der Waals surface area contributed by atoms with Crippen LogP contribution in [0.25, 0.3) is 0 Å². The van der Waals surface area contributed by atoms with Crippen molar-refractivity contribution in [1.82, 2.24) is 0 Å². The van der Waals surface area contributed by atoms with E-state index in [1.54, 1.807) is 20.8 Å². The van der Waals surface area contributed by atoms with Gasteiger partial charge in [0.25, 0.3) is 0 Å². The number of carboxylic acids is 1. The first-order valence-electron chi connectivity index (χ1n) is 5.92. The van der Waals surface area contributed by atoms with E-state index in [9.17, 15) is 13.2 Å². The van der Waals surface area contributed by atoms with Crippen molar-refractivity contribution in [2.75, 3.05) is 12.4 Å². The number of carboxylic acid groups (broad SMARTS) is 1. The van der Waals surface area contributed by atoms with E-state index in [4.69, 9.17) is 21.4 Å². The van der Waals surface area contributed by atoms with Crippen LogP contribution in [-0.4, -0.2) is 36.6 Å². The van der Waals surface area contributed by atoms with Crippen LogP contribution in [0, 0.1) is 0 Å². The zero-order chi connectivity index (χ0) is 15.6. The molecule has 0 heterocycles. The molecule has 0 aliphatic rings. The lowest BCUT2D eigenvalue weighted by Crippen LogP contribution is -2.32. The third kappa shape index (κ3) is 4.11. The van der Waals surface area contributed by atoms with E-state index in [-0.39, 0.29) is 23.7 Å². The zero-order valence-corrected chi connectivity index (χ0v) is 13.1. The summed E-state index contributed by atoms with van der Waals surface area (Å²) in [6.07, 6.45) is 0. The molecule has 0 aromatic heterocycles. The van der Waals surface area contributed by atoms with Crippen LogP contribution in [0.1, 0.15) is 31.1 Å². The molecule has 0 fully saturated rings. The fourth-order valence-electron chi connectivity index (χ4n) is 1.36. The quantitative estimate of drug-likeness (QED) is 0.902. The lowest BCUT2D eigenvalue weighted by Gasteiger charge is -2.19. The number of benzene rings is 1. The Bertz CT molecular complexity index is 602. The van der Waals surface area contributed by atoms with Gasteiger partial charge in [0.05, 0.1) is 10.5 Å². The summed E-state index contributed by atoms with van der Waals surface area (Å²) in [6.45, 7) is 4.68. The number of halogens is 1. The van der Waals surface area contributed by atoms with E-state index in [0.717, 1.165) is 0 Å². The van der Waals surface area contributed by atoms with Crippen LogP contribution in [0.4, 0.5) is 0 Å². The van der Waals surface area contributed by atoms with Gasteiger partial charge in [-0.25, -0.2) is 13.2 Å². The largest absolute Gasteiger partial charge is 0.492 e. The molecule has 7 heteroatoms. The van der Waals surface area contributed by atoms with Crippen molar-refractivity contribution in [2.24, 2.45) is 0 Å². The molecule has 20 heavy (non-hydrogen) atoms. The molecule has 112 valence electrons. The van der Waals surface area contributed by atoms with Crippen LogP contribution in [0.5, 0.6) is 5.75 Å². The summed E-state index contributed by atoms with van der Waals surface area (Å²) < 4.78 is 28.2. The highest BCUT2D eigenvalue weighted by Gasteiger charge is 2.28. The van der Waals surface area contributed by atoms with Crippen molar-refractivity contribution in [3.8, 4) is 5.75 Å². The minimum Gasteiger partial charge on any atom is -0.492 e.